The molecule has 2 aliphatic rings. The second-order valence-corrected chi connectivity index (χ2v) is 7.35. The van der Waals surface area contributed by atoms with Gasteiger partial charge < -0.3 is 19.3 Å². The number of nitrogens with zero attached hydrogens (tertiary/aromatic N) is 2. The maximum absolute atomic E-state index is 13.0. The first-order chi connectivity index (χ1) is 15.5. The first kappa shape index (κ1) is 28.2. The van der Waals surface area contributed by atoms with Crippen LogP contribution in [0.25, 0.3) is 0 Å². The Morgan fingerprint density at radius 2 is 1.19 bits per heavy atom. The Kier molecular flexibility index (Phi) is 14.0. The molecule has 4 nitrogen and oxygen atoms in total. The fraction of sp³-hybridized carbons (Fsp3) is 0.538. The number of hydrogen-bond acceptors (Lipinski definition) is 4. The molecule has 6 heteroatoms. The lowest BCUT2D eigenvalue weighted by Gasteiger charge is -2.30. The van der Waals surface area contributed by atoms with Gasteiger partial charge in [0.1, 0.15) is 11.6 Å². The number of hydrogen-bond donors (Lipinski definition) is 0. The van der Waals surface area contributed by atoms with Crippen LogP contribution in [0.2, 0.25) is 0 Å². The third-order valence-electron chi connectivity index (χ3n) is 5.00. The molecule has 0 aromatic heterocycles. The van der Waals surface area contributed by atoms with Gasteiger partial charge in [0.2, 0.25) is 0 Å². The second-order valence-electron chi connectivity index (χ2n) is 7.35. The molecule has 32 heavy (non-hydrogen) atoms. The van der Waals surface area contributed by atoms with Crippen LogP contribution in [0.3, 0.4) is 0 Å². The van der Waals surface area contributed by atoms with E-state index in [0.29, 0.717) is 0 Å². The standard InChI is InChI=1S/2C11H14FNO.2C2H6/c1-13-6-7-14-11(8-13)9-2-4-10(12)5-3-9;1-13-5-6-14-11(8-13)9-3-2-4-10(12)7-9;2*1-2/h2-5,11H,6-8H2,1H3;2-4,7,11H,5-6,8H2,1H3;2*1-2H3. The van der Waals surface area contributed by atoms with Gasteiger partial charge in [-0.1, -0.05) is 52.0 Å². The van der Waals surface area contributed by atoms with Gasteiger partial charge in [-0.15, -0.1) is 0 Å². The zero-order chi connectivity index (χ0) is 23.9. The number of rotatable bonds is 2. The van der Waals surface area contributed by atoms with Crippen LogP contribution in [-0.4, -0.2) is 63.3 Å². The molecule has 0 spiro atoms. The molecule has 2 saturated heterocycles. The molecule has 0 radical (unpaired) electrons. The highest BCUT2D eigenvalue weighted by molar-refractivity contribution is 5.20. The molecule has 180 valence electrons. The lowest BCUT2D eigenvalue weighted by molar-refractivity contribution is -0.0210. The minimum atomic E-state index is -0.196. The van der Waals surface area contributed by atoms with E-state index in [-0.39, 0.29) is 23.8 Å². The molecule has 2 unspecified atom stereocenters. The highest BCUT2D eigenvalue weighted by atomic mass is 19.1. The van der Waals surface area contributed by atoms with Crippen LogP contribution in [-0.2, 0) is 9.47 Å². The predicted molar refractivity (Wildman–Crippen MR) is 128 cm³/mol. The average Bonchev–Trinajstić information content (AvgIpc) is 2.83. The molecule has 2 fully saturated rings. The third-order valence-corrected chi connectivity index (χ3v) is 5.00. The van der Waals surface area contributed by atoms with E-state index in [0.717, 1.165) is 50.5 Å². The highest BCUT2D eigenvalue weighted by Crippen LogP contribution is 2.22. The van der Waals surface area contributed by atoms with Crippen molar-refractivity contribution in [2.45, 2.75) is 39.9 Å². The van der Waals surface area contributed by atoms with Gasteiger partial charge in [0.05, 0.1) is 25.4 Å². The summed E-state index contributed by atoms with van der Waals surface area (Å²) < 4.78 is 36.8. The monoisotopic (exact) mass is 450 g/mol. The van der Waals surface area contributed by atoms with Gasteiger partial charge >= 0.3 is 0 Å². The number of ether oxygens (including phenoxy) is 2. The summed E-state index contributed by atoms with van der Waals surface area (Å²) in [7, 11) is 4.12. The smallest absolute Gasteiger partial charge is 0.123 e. The van der Waals surface area contributed by atoms with Gasteiger partial charge in [0, 0.05) is 26.2 Å². The maximum atomic E-state index is 13.0. The van der Waals surface area contributed by atoms with E-state index < -0.39 is 0 Å². The minimum Gasteiger partial charge on any atom is -0.371 e. The first-order valence-corrected chi connectivity index (χ1v) is 11.6. The summed E-state index contributed by atoms with van der Waals surface area (Å²) in [5.41, 5.74) is 1.98. The third kappa shape index (κ3) is 9.74. The Balaban J connectivity index is 0.000000277. The van der Waals surface area contributed by atoms with Crippen LogP contribution in [0.4, 0.5) is 8.78 Å². The van der Waals surface area contributed by atoms with Crippen molar-refractivity contribution in [3.8, 4) is 0 Å². The van der Waals surface area contributed by atoms with E-state index in [2.05, 4.69) is 23.9 Å². The Labute approximate surface area is 193 Å². The van der Waals surface area contributed by atoms with Crippen LogP contribution in [0.5, 0.6) is 0 Å². The van der Waals surface area contributed by atoms with E-state index in [9.17, 15) is 8.78 Å². The summed E-state index contributed by atoms with van der Waals surface area (Å²) in [5, 5.41) is 0. The Morgan fingerprint density at radius 1 is 0.688 bits per heavy atom. The van der Waals surface area contributed by atoms with Gasteiger partial charge in [0.15, 0.2) is 0 Å². The minimum absolute atomic E-state index is 0.0180. The van der Waals surface area contributed by atoms with Crippen molar-refractivity contribution in [3.05, 3.63) is 71.3 Å². The van der Waals surface area contributed by atoms with Gasteiger partial charge in [-0.2, -0.15) is 0 Å². The van der Waals surface area contributed by atoms with Crippen molar-refractivity contribution in [1.29, 1.82) is 0 Å². The fourth-order valence-corrected chi connectivity index (χ4v) is 3.34. The molecule has 2 aromatic carbocycles. The lowest BCUT2D eigenvalue weighted by atomic mass is 10.1. The second kappa shape index (κ2) is 15.9. The summed E-state index contributed by atoms with van der Waals surface area (Å²) in [4.78, 5) is 4.41. The molecule has 0 saturated carbocycles. The summed E-state index contributed by atoms with van der Waals surface area (Å²) >= 11 is 0. The van der Waals surface area contributed by atoms with E-state index in [4.69, 9.17) is 9.47 Å². The summed E-state index contributed by atoms with van der Waals surface area (Å²) in [6, 6.07) is 13.2. The quantitative estimate of drug-likeness (QED) is 0.585. The number of benzene rings is 2. The predicted octanol–water partition coefficient (Wildman–Crippen LogP) is 5.71. The summed E-state index contributed by atoms with van der Waals surface area (Å²) in [6.45, 7) is 13.1. The zero-order valence-corrected chi connectivity index (χ0v) is 20.5. The van der Waals surface area contributed by atoms with Crippen LogP contribution in [0.1, 0.15) is 51.0 Å². The summed E-state index contributed by atoms with van der Waals surface area (Å²) in [6.07, 6.45) is 0.110. The zero-order valence-electron chi connectivity index (χ0n) is 20.5. The maximum Gasteiger partial charge on any atom is 0.123 e. The molecule has 2 atom stereocenters. The molecule has 2 aliphatic heterocycles. The van der Waals surface area contributed by atoms with E-state index >= 15 is 0 Å². The Morgan fingerprint density at radius 3 is 1.66 bits per heavy atom. The van der Waals surface area contributed by atoms with Gasteiger partial charge in [-0.3, -0.25) is 0 Å². The first-order valence-electron chi connectivity index (χ1n) is 11.6. The van der Waals surface area contributed by atoms with Gasteiger partial charge in [-0.05, 0) is 49.5 Å². The van der Waals surface area contributed by atoms with E-state index in [1.807, 2.05) is 33.8 Å². The van der Waals surface area contributed by atoms with Crippen molar-refractivity contribution in [2.24, 2.45) is 0 Å². The van der Waals surface area contributed by atoms with Gasteiger partial charge in [0.25, 0.3) is 0 Å². The molecule has 4 rings (SSSR count). The summed E-state index contributed by atoms with van der Waals surface area (Å²) in [5.74, 6) is -0.391. The number of likely N-dealkylation sites (N-methyl/N-ethyl adjacent to an activating group) is 2. The van der Waals surface area contributed by atoms with Crippen LogP contribution in [0, 0.1) is 11.6 Å². The molecule has 2 heterocycles. The molecule has 0 bridgehead atoms. The molecule has 0 amide bonds. The fourth-order valence-electron chi connectivity index (χ4n) is 3.34. The van der Waals surface area contributed by atoms with Crippen molar-refractivity contribution in [1.82, 2.24) is 9.80 Å². The van der Waals surface area contributed by atoms with E-state index in [1.54, 1.807) is 24.3 Å². The Hall–Kier alpha value is -1.86. The molecule has 0 N–H and O–H groups in total. The van der Waals surface area contributed by atoms with Crippen LogP contribution in [0.15, 0.2) is 48.5 Å². The van der Waals surface area contributed by atoms with Crippen molar-refractivity contribution in [2.75, 3.05) is 53.5 Å². The van der Waals surface area contributed by atoms with Gasteiger partial charge in [-0.25, -0.2) is 8.78 Å². The normalized spacial score (nSPS) is 21.1. The molecule has 2 aromatic rings. The average molecular weight is 451 g/mol. The van der Waals surface area contributed by atoms with Crippen LogP contribution < -0.4 is 0 Å². The lowest BCUT2D eigenvalue weighted by Crippen LogP contribution is -2.35. The Bertz CT molecular complexity index is 743. The topological polar surface area (TPSA) is 24.9 Å². The number of morpholine rings is 2. The highest BCUT2D eigenvalue weighted by Gasteiger charge is 2.20. The largest absolute Gasteiger partial charge is 0.371 e. The SMILES string of the molecule is CC.CC.CN1CCOC(c2ccc(F)cc2)C1.CN1CCOC(c2cccc(F)c2)C1. The molecular formula is C26H40F2N2O2. The van der Waals surface area contributed by atoms with Crippen molar-refractivity contribution >= 4 is 0 Å². The molecule has 0 aliphatic carbocycles. The van der Waals surface area contributed by atoms with Crippen LogP contribution >= 0.6 is 0 Å². The van der Waals surface area contributed by atoms with Crippen molar-refractivity contribution in [3.63, 3.8) is 0 Å². The molecular weight excluding hydrogens is 410 g/mol. The van der Waals surface area contributed by atoms with Crippen molar-refractivity contribution < 1.29 is 18.3 Å². The number of halogens is 2. The van der Waals surface area contributed by atoms with E-state index in [1.165, 1.54) is 18.2 Å².